The number of nitrogens with one attached hydrogen (secondary N) is 2. The molecule has 0 atom stereocenters. The van der Waals surface area contributed by atoms with Crippen molar-refractivity contribution in [3.05, 3.63) is 64.3 Å². The third-order valence-corrected chi connectivity index (χ3v) is 5.62. The third kappa shape index (κ3) is 3.41. The number of carbonyl (C=O) groups excluding carboxylic acids is 2. The van der Waals surface area contributed by atoms with Gasteiger partial charge in [-0.3, -0.25) is 9.59 Å². The lowest BCUT2D eigenvalue weighted by Gasteiger charge is -2.32. The Kier molecular flexibility index (Phi) is 4.96. The minimum atomic E-state index is -0.515. The van der Waals surface area contributed by atoms with Crippen LogP contribution in [0.15, 0.2) is 36.4 Å². The number of ketones is 1. The Bertz CT molecular complexity index is 1300. The maximum absolute atomic E-state index is 13.3. The molecule has 31 heavy (non-hydrogen) atoms. The zero-order chi connectivity index (χ0) is 22.2. The molecule has 0 saturated heterocycles. The minimum absolute atomic E-state index is 0.0823. The summed E-state index contributed by atoms with van der Waals surface area (Å²) >= 11 is 0. The van der Waals surface area contributed by atoms with Gasteiger partial charge in [0.15, 0.2) is 12.4 Å². The summed E-state index contributed by atoms with van der Waals surface area (Å²) < 4.78 is 5.62. The molecular weight excluding hydrogens is 392 g/mol. The van der Waals surface area contributed by atoms with Crippen molar-refractivity contribution in [2.45, 2.75) is 25.7 Å². The molecule has 1 aliphatic carbocycles. The summed E-state index contributed by atoms with van der Waals surface area (Å²) in [6.45, 7) is 4.15. The zero-order valence-electron chi connectivity index (χ0n) is 17.2. The maximum Gasteiger partial charge on any atom is 0.257 e. The van der Waals surface area contributed by atoms with E-state index in [4.69, 9.17) is 10.00 Å². The highest BCUT2D eigenvalue weighted by molar-refractivity contribution is 6.20. The number of aromatic amines is 1. The fraction of sp³-hybridized carbons (Fsp3) is 0.250. The largest absolute Gasteiger partial charge is 0.484 e. The van der Waals surface area contributed by atoms with Crippen LogP contribution < -0.4 is 10.1 Å². The van der Waals surface area contributed by atoms with E-state index in [9.17, 15) is 14.9 Å². The summed E-state index contributed by atoms with van der Waals surface area (Å²) in [6.07, 6.45) is 0.240. The number of nitriles is 2. The van der Waals surface area contributed by atoms with Gasteiger partial charge in [0.2, 0.25) is 0 Å². The van der Waals surface area contributed by atoms with Crippen molar-refractivity contribution in [2.75, 3.05) is 13.2 Å². The van der Waals surface area contributed by atoms with Crippen LogP contribution in [0.5, 0.6) is 5.75 Å². The minimum Gasteiger partial charge on any atom is -0.484 e. The predicted octanol–water partition coefficient (Wildman–Crippen LogP) is 3.32. The van der Waals surface area contributed by atoms with Crippen molar-refractivity contribution in [2.24, 2.45) is 0 Å². The first-order chi connectivity index (χ1) is 14.9. The van der Waals surface area contributed by atoms with E-state index in [1.807, 2.05) is 26.0 Å². The first kappa shape index (κ1) is 20.2. The summed E-state index contributed by atoms with van der Waals surface area (Å²) in [4.78, 5) is 28.5. The molecule has 1 heterocycles. The smallest absolute Gasteiger partial charge is 0.257 e. The number of benzene rings is 2. The van der Waals surface area contributed by atoms with Gasteiger partial charge in [-0.15, -0.1) is 0 Å². The summed E-state index contributed by atoms with van der Waals surface area (Å²) in [5.74, 6) is 0.0944. The number of nitrogens with zero attached hydrogens (tertiary/aromatic N) is 2. The Morgan fingerprint density at radius 2 is 2.00 bits per heavy atom. The number of H-pyrrole nitrogens is 1. The number of aromatic nitrogens is 1. The molecule has 0 radical (unpaired) electrons. The molecule has 0 spiro atoms. The summed E-state index contributed by atoms with van der Waals surface area (Å²) in [5, 5.41) is 21.1. The molecule has 3 aromatic rings. The topological polar surface area (TPSA) is 119 Å². The summed E-state index contributed by atoms with van der Waals surface area (Å²) in [6, 6.07) is 14.6. The van der Waals surface area contributed by atoms with E-state index >= 15 is 0 Å². The number of rotatable bonds is 5. The van der Waals surface area contributed by atoms with Crippen LogP contribution in [-0.2, 0) is 10.2 Å². The highest BCUT2D eigenvalue weighted by Gasteiger charge is 2.39. The van der Waals surface area contributed by atoms with Crippen molar-refractivity contribution >= 4 is 22.6 Å². The number of hydrogen-bond donors (Lipinski definition) is 2. The second-order valence-corrected chi connectivity index (χ2v) is 7.96. The maximum atomic E-state index is 13.3. The first-order valence-electron chi connectivity index (χ1n) is 9.88. The summed E-state index contributed by atoms with van der Waals surface area (Å²) in [5.41, 5.74) is 3.58. The van der Waals surface area contributed by atoms with Crippen LogP contribution in [0, 0.1) is 22.7 Å². The van der Waals surface area contributed by atoms with E-state index in [2.05, 4.69) is 16.4 Å². The van der Waals surface area contributed by atoms with Gasteiger partial charge in [-0.25, -0.2) is 0 Å². The molecule has 1 aliphatic rings. The van der Waals surface area contributed by atoms with Gasteiger partial charge in [-0.1, -0.05) is 19.9 Å². The van der Waals surface area contributed by atoms with Crippen LogP contribution in [-0.4, -0.2) is 29.8 Å². The number of hydrogen-bond acceptors (Lipinski definition) is 5. The molecule has 4 rings (SSSR count). The second kappa shape index (κ2) is 7.62. The highest BCUT2D eigenvalue weighted by Crippen LogP contribution is 2.44. The van der Waals surface area contributed by atoms with Crippen LogP contribution in [0.1, 0.15) is 53.0 Å². The normalized spacial score (nSPS) is 13.6. The van der Waals surface area contributed by atoms with Gasteiger partial charge in [-0.05, 0) is 35.9 Å². The molecule has 2 aromatic carbocycles. The summed E-state index contributed by atoms with van der Waals surface area (Å²) in [7, 11) is 0. The molecule has 2 N–H and O–H groups in total. The van der Waals surface area contributed by atoms with Gasteiger partial charge in [0.05, 0.1) is 29.7 Å². The molecule has 1 amide bonds. The van der Waals surface area contributed by atoms with Crippen molar-refractivity contribution in [3.8, 4) is 17.9 Å². The second-order valence-electron chi connectivity index (χ2n) is 7.96. The standard InChI is InChI=1S/C24H20N4O3/c1-24(2)18-11-15(31-13-20(29)27-9-3-8-25)5-7-16(18)22(30)21-17-6-4-14(12-26)10-19(17)28-23(21)24/h4-7,10-11,28H,3,9,13H2,1-2H3,(H,27,29). The average Bonchev–Trinajstić information content (AvgIpc) is 3.16. The molecule has 154 valence electrons. The predicted molar refractivity (Wildman–Crippen MR) is 114 cm³/mol. The molecule has 0 bridgehead atoms. The first-order valence-corrected chi connectivity index (χ1v) is 9.88. The van der Waals surface area contributed by atoms with Crippen LogP contribution in [0.4, 0.5) is 0 Å². The van der Waals surface area contributed by atoms with E-state index in [-0.39, 0.29) is 31.3 Å². The molecular formula is C24H20N4O3. The van der Waals surface area contributed by atoms with Crippen molar-refractivity contribution in [3.63, 3.8) is 0 Å². The molecule has 7 heteroatoms. The molecule has 0 aliphatic heterocycles. The van der Waals surface area contributed by atoms with Gasteiger partial charge < -0.3 is 15.0 Å². The van der Waals surface area contributed by atoms with E-state index < -0.39 is 5.41 Å². The van der Waals surface area contributed by atoms with E-state index in [0.29, 0.717) is 22.4 Å². The van der Waals surface area contributed by atoms with Crippen LogP contribution in [0.25, 0.3) is 10.9 Å². The van der Waals surface area contributed by atoms with Crippen molar-refractivity contribution in [1.82, 2.24) is 10.3 Å². The van der Waals surface area contributed by atoms with Crippen LogP contribution in [0.2, 0.25) is 0 Å². The fourth-order valence-corrected chi connectivity index (χ4v) is 4.03. The Balaban J connectivity index is 1.67. The Morgan fingerprint density at radius 3 is 2.74 bits per heavy atom. The molecule has 7 nitrogen and oxygen atoms in total. The quantitative estimate of drug-likeness (QED) is 0.623. The lowest BCUT2D eigenvalue weighted by Crippen LogP contribution is -2.31. The molecule has 0 fully saturated rings. The van der Waals surface area contributed by atoms with Gasteiger partial charge in [0.25, 0.3) is 5.91 Å². The zero-order valence-corrected chi connectivity index (χ0v) is 17.2. The molecule has 1 aromatic heterocycles. The molecule has 0 saturated carbocycles. The van der Waals surface area contributed by atoms with E-state index in [1.165, 1.54) is 0 Å². The lowest BCUT2D eigenvalue weighted by molar-refractivity contribution is -0.123. The van der Waals surface area contributed by atoms with Crippen LogP contribution >= 0.6 is 0 Å². The lowest BCUT2D eigenvalue weighted by atomic mass is 9.71. The van der Waals surface area contributed by atoms with Gasteiger partial charge in [-0.2, -0.15) is 10.5 Å². The number of amides is 1. The number of fused-ring (bicyclic) bond motifs is 4. The van der Waals surface area contributed by atoms with E-state index in [1.54, 1.807) is 30.3 Å². The average molecular weight is 412 g/mol. The van der Waals surface area contributed by atoms with Gasteiger partial charge >= 0.3 is 0 Å². The SMILES string of the molecule is CC1(C)c2cc(OCC(=O)NCCC#N)ccc2C(=O)c2c1[nH]c1cc(C#N)ccc21. The Labute approximate surface area is 179 Å². The van der Waals surface area contributed by atoms with Crippen molar-refractivity contribution in [1.29, 1.82) is 10.5 Å². The highest BCUT2D eigenvalue weighted by atomic mass is 16.5. The number of ether oxygens (including phenoxy) is 1. The number of carbonyl (C=O) groups is 2. The monoisotopic (exact) mass is 412 g/mol. The van der Waals surface area contributed by atoms with E-state index in [0.717, 1.165) is 22.2 Å². The van der Waals surface area contributed by atoms with Crippen LogP contribution in [0.3, 0.4) is 0 Å². The Morgan fingerprint density at radius 1 is 1.19 bits per heavy atom. The third-order valence-electron chi connectivity index (χ3n) is 5.62. The molecule has 0 unspecified atom stereocenters. The van der Waals surface area contributed by atoms with Gasteiger partial charge in [0, 0.05) is 34.1 Å². The van der Waals surface area contributed by atoms with Crippen molar-refractivity contribution < 1.29 is 14.3 Å². The Hall–Kier alpha value is -4.10. The fourth-order valence-electron chi connectivity index (χ4n) is 4.03. The van der Waals surface area contributed by atoms with Gasteiger partial charge in [0.1, 0.15) is 5.75 Å².